The summed E-state index contributed by atoms with van der Waals surface area (Å²) in [7, 11) is -0.807. The SMILES string of the molecule is COc1ccc(S(=O)(=O)N(C)C[C@H]2Oc3ncc(C=Cc4ccccc4)cc3C(=O)N([C@@H](C)CO)C[C@H]2C)cc1. The summed E-state index contributed by atoms with van der Waals surface area (Å²) < 4.78 is 39.3. The summed E-state index contributed by atoms with van der Waals surface area (Å²) >= 11 is 0. The van der Waals surface area contributed by atoms with Crippen LogP contribution in [0.15, 0.2) is 71.8 Å². The molecule has 0 unspecified atom stereocenters. The zero-order chi connectivity index (χ0) is 28.9. The zero-order valence-electron chi connectivity index (χ0n) is 23.1. The van der Waals surface area contributed by atoms with Gasteiger partial charge in [0.2, 0.25) is 15.9 Å². The maximum absolute atomic E-state index is 13.6. The van der Waals surface area contributed by atoms with E-state index >= 15 is 0 Å². The molecule has 0 fully saturated rings. The van der Waals surface area contributed by atoms with Gasteiger partial charge in [-0.3, -0.25) is 4.79 Å². The Balaban J connectivity index is 1.65. The Hall–Kier alpha value is -3.73. The number of aliphatic hydroxyl groups excluding tert-OH is 1. The predicted octanol–water partition coefficient (Wildman–Crippen LogP) is 3.80. The number of carbonyl (C=O) groups is 1. The maximum atomic E-state index is 13.6. The number of hydrogen-bond acceptors (Lipinski definition) is 7. The molecule has 10 heteroatoms. The monoisotopic (exact) mass is 565 g/mol. The number of nitrogens with zero attached hydrogens (tertiary/aromatic N) is 3. The number of hydrogen-bond donors (Lipinski definition) is 1. The number of methoxy groups -OCH3 is 1. The van der Waals surface area contributed by atoms with Crippen LogP contribution in [-0.2, 0) is 10.0 Å². The molecule has 2 aromatic carbocycles. The molecule has 9 nitrogen and oxygen atoms in total. The molecule has 0 spiro atoms. The van der Waals surface area contributed by atoms with Crippen LogP contribution in [0.25, 0.3) is 12.2 Å². The second-order valence-electron chi connectivity index (χ2n) is 9.95. The summed E-state index contributed by atoms with van der Waals surface area (Å²) in [6, 6.07) is 17.2. The Kier molecular flexibility index (Phi) is 9.24. The van der Waals surface area contributed by atoms with Gasteiger partial charge in [0.05, 0.1) is 31.2 Å². The number of sulfonamides is 1. The van der Waals surface area contributed by atoms with Crippen LogP contribution in [0.5, 0.6) is 11.6 Å². The number of benzene rings is 2. The van der Waals surface area contributed by atoms with Crippen LogP contribution in [0, 0.1) is 5.92 Å². The Labute approximate surface area is 235 Å². The summed E-state index contributed by atoms with van der Waals surface area (Å²) in [6.07, 6.45) is 4.79. The number of rotatable bonds is 9. The third-order valence-corrected chi connectivity index (χ3v) is 8.85. The van der Waals surface area contributed by atoms with E-state index in [4.69, 9.17) is 9.47 Å². The van der Waals surface area contributed by atoms with Crippen molar-refractivity contribution in [2.45, 2.75) is 30.9 Å². The fourth-order valence-corrected chi connectivity index (χ4v) is 5.65. The number of pyridine rings is 1. The van der Waals surface area contributed by atoms with E-state index in [-0.39, 0.29) is 47.9 Å². The Morgan fingerprint density at radius 2 is 1.82 bits per heavy atom. The first-order valence-corrected chi connectivity index (χ1v) is 14.5. The Morgan fingerprint density at radius 1 is 1.15 bits per heavy atom. The van der Waals surface area contributed by atoms with Crippen molar-refractivity contribution in [1.29, 1.82) is 0 Å². The van der Waals surface area contributed by atoms with E-state index in [9.17, 15) is 18.3 Å². The Bertz CT molecular complexity index is 1440. The van der Waals surface area contributed by atoms with E-state index in [1.165, 1.54) is 30.6 Å². The molecule has 1 N–H and O–H groups in total. The van der Waals surface area contributed by atoms with Crippen molar-refractivity contribution in [2.75, 3.05) is 33.9 Å². The van der Waals surface area contributed by atoms with Crippen molar-refractivity contribution in [1.82, 2.24) is 14.2 Å². The number of carbonyl (C=O) groups excluding carboxylic acids is 1. The van der Waals surface area contributed by atoms with Crippen molar-refractivity contribution in [2.24, 2.45) is 5.92 Å². The van der Waals surface area contributed by atoms with E-state index < -0.39 is 22.2 Å². The van der Waals surface area contributed by atoms with Crippen LogP contribution in [0.1, 0.15) is 35.3 Å². The highest BCUT2D eigenvalue weighted by Gasteiger charge is 2.35. The number of aromatic nitrogens is 1. The molecule has 0 aliphatic carbocycles. The van der Waals surface area contributed by atoms with E-state index in [0.29, 0.717) is 11.3 Å². The molecule has 1 aliphatic heterocycles. The molecular weight excluding hydrogens is 530 g/mol. The molecule has 1 aromatic heterocycles. The number of ether oxygens (including phenoxy) is 2. The van der Waals surface area contributed by atoms with E-state index in [1.807, 2.05) is 49.4 Å². The lowest BCUT2D eigenvalue weighted by Gasteiger charge is -2.37. The smallest absolute Gasteiger partial charge is 0.259 e. The summed E-state index contributed by atoms with van der Waals surface area (Å²) in [5.74, 6) is 0.119. The van der Waals surface area contributed by atoms with Crippen molar-refractivity contribution in [3.05, 3.63) is 83.6 Å². The molecule has 0 radical (unpaired) electrons. The predicted molar refractivity (Wildman–Crippen MR) is 154 cm³/mol. The molecular formula is C30H35N3O6S. The molecule has 0 bridgehead atoms. The zero-order valence-corrected chi connectivity index (χ0v) is 23.9. The third kappa shape index (κ3) is 6.52. The number of aliphatic hydroxyl groups is 1. The van der Waals surface area contributed by atoms with Gasteiger partial charge >= 0.3 is 0 Å². The fourth-order valence-electron chi connectivity index (χ4n) is 4.46. The third-order valence-electron chi connectivity index (χ3n) is 7.01. The fraction of sp³-hybridized carbons (Fsp3) is 0.333. The van der Waals surface area contributed by atoms with Gasteiger partial charge in [0.1, 0.15) is 17.4 Å². The number of amides is 1. The van der Waals surface area contributed by atoms with Crippen LogP contribution >= 0.6 is 0 Å². The molecule has 0 saturated heterocycles. The summed E-state index contributed by atoms with van der Waals surface area (Å²) in [5.41, 5.74) is 1.97. The first-order valence-electron chi connectivity index (χ1n) is 13.1. The van der Waals surface area contributed by atoms with Gasteiger partial charge in [-0.25, -0.2) is 13.4 Å². The lowest BCUT2D eigenvalue weighted by atomic mass is 10.00. The van der Waals surface area contributed by atoms with Crippen LogP contribution < -0.4 is 9.47 Å². The minimum atomic E-state index is -3.82. The number of fused-ring (bicyclic) bond motifs is 1. The van der Waals surface area contributed by atoms with Gasteiger partial charge in [-0.1, -0.05) is 49.4 Å². The average molecular weight is 566 g/mol. The van der Waals surface area contributed by atoms with Crippen molar-refractivity contribution in [3.8, 4) is 11.6 Å². The van der Waals surface area contributed by atoms with Gasteiger partial charge in [-0.15, -0.1) is 0 Å². The summed E-state index contributed by atoms with van der Waals surface area (Å²) in [5, 5.41) is 9.90. The van der Waals surface area contributed by atoms with Gasteiger partial charge in [0, 0.05) is 25.7 Å². The first-order chi connectivity index (χ1) is 19.1. The quantitative estimate of drug-likeness (QED) is 0.420. The van der Waals surface area contributed by atoms with Crippen molar-refractivity contribution in [3.63, 3.8) is 0 Å². The minimum Gasteiger partial charge on any atom is -0.497 e. The van der Waals surface area contributed by atoms with Gasteiger partial charge in [0.15, 0.2) is 0 Å². The minimum absolute atomic E-state index is 0.0296. The lowest BCUT2D eigenvalue weighted by molar-refractivity contribution is 0.0373. The van der Waals surface area contributed by atoms with Crippen molar-refractivity contribution < 1.29 is 27.8 Å². The summed E-state index contributed by atoms with van der Waals surface area (Å²) in [4.78, 5) is 19.8. The van der Waals surface area contributed by atoms with E-state index in [2.05, 4.69) is 4.98 Å². The number of likely N-dealkylation sites (N-methyl/N-ethyl adjacent to an activating group) is 1. The lowest BCUT2D eigenvalue weighted by Crippen LogP contribution is -2.50. The van der Waals surface area contributed by atoms with Crippen LogP contribution in [0.3, 0.4) is 0 Å². The molecule has 4 rings (SSSR count). The van der Waals surface area contributed by atoms with Gasteiger partial charge in [0.25, 0.3) is 5.91 Å². The van der Waals surface area contributed by atoms with E-state index in [1.54, 1.807) is 36.2 Å². The first kappa shape index (κ1) is 29.3. The molecule has 1 amide bonds. The second-order valence-corrected chi connectivity index (χ2v) is 12.0. The van der Waals surface area contributed by atoms with Gasteiger partial charge in [-0.05, 0) is 48.4 Å². The Morgan fingerprint density at radius 3 is 2.48 bits per heavy atom. The molecule has 40 heavy (non-hydrogen) atoms. The topological polar surface area (TPSA) is 109 Å². The molecule has 212 valence electrons. The molecule has 0 saturated carbocycles. The van der Waals surface area contributed by atoms with Crippen LogP contribution in [0.4, 0.5) is 0 Å². The molecule has 3 atom stereocenters. The normalized spacial score (nSPS) is 18.6. The second kappa shape index (κ2) is 12.6. The van der Waals surface area contributed by atoms with Gasteiger partial charge in [-0.2, -0.15) is 4.31 Å². The highest BCUT2D eigenvalue weighted by atomic mass is 32.2. The highest BCUT2D eigenvalue weighted by molar-refractivity contribution is 7.89. The maximum Gasteiger partial charge on any atom is 0.259 e. The average Bonchev–Trinajstić information content (AvgIpc) is 2.98. The molecule has 2 heterocycles. The summed E-state index contributed by atoms with van der Waals surface area (Å²) in [6.45, 7) is 3.75. The highest BCUT2D eigenvalue weighted by Crippen LogP contribution is 2.29. The molecule has 1 aliphatic rings. The standard InChI is InChI=1S/C30H35N3O6S/c1-21-18-33(22(2)20-34)30(35)27-16-24(11-10-23-8-6-5-7-9-23)17-31-29(27)39-28(21)19-32(3)40(36,37)26-14-12-25(38-4)13-15-26/h5-17,21-22,28,34H,18-20H2,1-4H3/t21-,22+,28-/m1/s1. The van der Waals surface area contributed by atoms with E-state index in [0.717, 1.165) is 5.56 Å². The molecule has 3 aromatic rings. The van der Waals surface area contributed by atoms with Crippen LogP contribution in [-0.4, -0.2) is 79.6 Å². The van der Waals surface area contributed by atoms with Gasteiger partial charge < -0.3 is 19.5 Å². The van der Waals surface area contributed by atoms with Crippen molar-refractivity contribution >= 4 is 28.1 Å². The largest absolute Gasteiger partial charge is 0.497 e. The van der Waals surface area contributed by atoms with Crippen LogP contribution in [0.2, 0.25) is 0 Å².